The van der Waals surface area contributed by atoms with Gasteiger partial charge in [-0.15, -0.1) is 12.4 Å². The molecule has 3 aromatic rings. The van der Waals surface area contributed by atoms with Crippen LogP contribution in [-0.2, 0) is 17.5 Å². The molecule has 4 rings (SSSR count). The van der Waals surface area contributed by atoms with Crippen molar-refractivity contribution in [1.82, 2.24) is 19.4 Å². The fourth-order valence-electron chi connectivity index (χ4n) is 4.66. The SMILES string of the molecule is CCN1CCC(CCOc2ccc(-c3nc(C#N)nc4c3ccn4CCOC)cc2C(F)(F)F)CC1.Cl. The van der Waals surface area contributed by atoms with Gasteiger partial charge in [-0.25, -0.2) is 9.97 Å². The van der Waals surface area contributed by atoms with Gasteiger partial charge in [0.25, 0.3) is 0 Å². The minimum Gasteiger partial charge on any atom is -0.493 e. The number of aromatic nitrogens is 3. The number of ether oxygens (including phenoxy) is 2. The molecule has 3 heterocycles. The number of piperidine rings is 1. The van der Waals surface area contributed by atoms with Gasteiger partial charge in [0, 0.05) is 30.8 Å². The van der Waals surface area contributed by atoms with Crippen molar-refractivity contribution in [2.75, 3.05) is 40.0 Å². The Labute approximate surface area is 220 Å². The number of halogens is 4. The van der Waals surface area contributed by atoms with Crippen LogP contribution in [0, 0.1) is 17.2 Å². The minimum atomic E-state index is -4.60. The van der Waals surface area contributed by atoms with Gasteiger partial charge in [-0.05, 0) is 69.1 Å². The molecule has 37 heavy (non-hydrogen) atoms. The summed E-state index contributed by atoms with van der Waals surface area (Å²) in [5.74, 6) is 0.154. The normalized spacial score (nSPS) is 14.9. The number of fused-ring (bicyclic) bond motifs is 1. The number of methoxy groups -OCH3 is 1. The van der Waals surface area contributed by atoms with Crippen LogP contribution in [0.2, 0.25) is 0 Å². The summed E-state index contributed by atoms with van der Waals surface area (Å²) in [5.41, 5.74) is 0.129. The average molecular weight is 538 g/mol. The molecule has 0 N–H and O–H groups in total. The van der Waals surface area contributed by atoms with Crippen LogP contribution in [0.1, 0.15) is 37.6 Å². The molecule has 0 radical (unpaired) electrons. The summed E-state index contributed by atoms with van der Waals surface area (Å²) in [6.45, 7) is 6.35. The van der Waals surface area contributed by atoms with Gasteiger partial charge in [0.1, 0.15) is 17.5 Å². The van der Waals surface area contributed by atoms with Crippen molar-refractivity contribution in [2.24, 2.45) is 5.92 Å². The largest absolute Gasteiger partial charge is 0.493 e. The third kappa shape index (κ3) is 6.72. The topological polar surface area (TPSA) is 76.2 Å². The number of nitrogens with zero attached hydrogens (tertiary/aromatic N) is 5. The van der Waals surface area contributed by atoms with E-state index < -0.39 is 11.7 Å². The van der Waals surface area contributed by atoms with E-state index in [-0.39, 0.29) is 41.8 Å². The van der Waals surface area contributed by atoms with Crippen molar-refractivity contribution in [3.05, 3.63) is 41.9 Å². The highest BCUT2D eigenvalue weighted by molar-refractivity contribution is 5.91. The van der Waals surface area contributed by atoms with Gasteiger partial charge in [-0.2, -0.15) is 18.4 Å². The zero-order chi connectivity index (χ0) is 25.7. The van der Waals surface area contributed by atoms with E-state index in [4.69, 9.17) is 9.47 Å². The lowest BCUT2D eigenvalue weighted by Gasteiger charge is -2.31. The lowest BCUT2D eigenvalue weighted by molar-refractivity contribution is -0.138. The summed E-state index contributed by atoms with van der Waals surface area (Å²) in [6.07, 6.45) is -0.0410. The van der Waals surface area contributed by atoms with Gasteiger partial charge in [-0.3, -0.25) is 0 Å². The maximum absolute atomic E-state index is 14.0. The number of rotatable bonds is 9. The van der Waals surface area contributed by atoms with Crippen molar-refractivity contribution in [2.45, 2.75) is 38.9 Å². The van der Waals surface area contributed by atoms with Crippen LogP contribution >= 0.6 is 12.4 Å². The summed E-state index contributed by atoms with van der Waals surface area (Å²) in [4.78, 5) is 10.9. The van der Waals surface area contributed by atoms with Crippen LogP contribution in [0.3, 0.4) is 0 Å². The second kappa shape index (κ2) is 12.6. The fourth-order valence-corrected chi connectivity index (χ4v) is 4.66. The van der Waals surface area contributed by atoms with Crippen molar-refractivity contribution in [3.63, 3.8) is 0 Å². The zero-order valence-electron chi connectivity index (χ0n) is 20.9. The van der Waals surface area contributed by atoms with Gasteiger partial charge < -0.3 is 18.9 Å². The van der Waals surface area contributed by atoms with Crippen LogP contribution < -0.4 is 4.74 Å². The molecular weight excluding hydrogens is 507 g/mol. The summed E-state index contributed by atoms with van der Waals surface area (Å²) in [7, 11) is 1.57. The molecule has 1 aromatic carbocycles. The molecule has 0 amide bonds. The van der Waals surface area contributed by atoms with Gasteiger partial charge in [-0.1, -0.05) is 6.92 Å². The summed E-state index contributed by atoms with van der Waals surface area (Å²) in [5, 5.41) is 9.98. The Morgan fingerprint density at radius 1 is 1.14 bits per heavy atom. The first-order valence-corrected chi connectivity index (χ1v) is 12.2. The maximum Gasteiger partial charge on any atom is 0.419 e. The van der Waals surface area contributed by atoms with Crippen LogP contribution in [0.4, 0.5) is 13.2 Å². The van der Waals surface area contributed by atoms with Crippen molar-refractivity contribution >= 4 is 23.4 Å². The molecule has 0 atom stereocenters. The number of hydrogen-bond acceptors (Lipinski definition) is 6. The van der Waals surface area contributed by atoms with Crippen molar-refractivity contribution in [1.29, 1.82) is 5.26 Å². The summed E-state index contributed by atoms with van der Waals surface area (Å²) >= 11 is 0. The molecule has 1 saturated heterocycles. The van der Waals surface area contributed by atoms with Crippen molar-refractivity contribution in [3.8, 4) is 23.1 Å². The molecule has 0 spiro atoms. The molecule has 0 bridgehead atoms. The van der Waals surface area contributed by atoms with E-state index in [0.717, 1.165) is 45.0 Å². The Balaban J connectivity index is 0.00000380. The molecular formula is C26H31ClF3N5O2. The second-order valence-corrected chi connectivity index (χ2v) is 8.97. The lowest BCUT2D eigenvalue weighted by atomic mass is 9.94. The van der Waals surface area contributed by atoms with E-state index >= 15 is 0 Å². The standard InChI is InChI=1S/C26H30F3N5O2.ClH/c1-3-33-10-6-18(7-11-33)9-14-36-22-5-4-19(16-21(22)26(27,28)29)24-20-8-12-34(13-15-35-2)25(20)32-23(17-30)31-24;/h4-5,8,12,16,18H,3,6-7,9-11,13-15H2,1-2H3;1H. The molecule has 2 aromatic heterocycles. The van der Waals surface area contributed by atoms with E-state index in [9.17, 15) is 18.4 Å². The molecule has 1 fully saturated rings. The fraction of sp³-hybridized carbons (Fsp3) is 0.500. The van der Waals surface area contributed by atoms with E-state index in [2.05, 4.69) is 21.8 Å². The molecule has 7 nitrogen and oxygen atoms in total. The number of hydrogen-bond donors (Lipinski definition) is 0. The average Bonchev–Trinajstić information content (AvgIpc) is 3.29. The zero-order valence-corrected chi connectivity index (χ0v) is 21.7. The Bertz CT molecular complexity index is 1230. The molecule has 1 aliphatic rings. The first-order chi connectivity index (χ1) is 17.3. The molecule has 11 heteroatoms. The first kappa shape index (κ1) is 28.7. The molecule has 1 aliphatic heterocycles. The molecule has 200 valence electrons. The van der Waals surface area contributed by atoms with Gasteiger partial charge in [0.15, 0.2) is 0 Å². The predicted octanol–water partition coefficient (Wildman–Crippen LogP) is 5.56. The number of benzene rings is 1. The predicted molar refractivity (Wildman–Crippen MR) is 137 cm³/mol. The smallest absolute Gasteiger partial charge is 0.419 e. The van der Waals surface area contributed by atoms with E-state index in [1.807, 2.05) is 6.07 Å². The third-order valence-corrected chi connectivity index (χ3v) is 6.75. The molecule has 0 unspecified atom stereocenters. The van der Waals surface area contributed by atoms with E-state index in [0.29, 0.717) is 30.1 Å². The Kier molecular flexibility index (Phi) is 9.76. The monoisotopic (exact) mass is 537 g/mol. The number of likely N-dealkylation sites (tertiary alicyclic amines) is 1. The highest BCUT2D eigenvalue weighted by Crippen LogP contribution is 2.40. The minimum absolute atomic E-state index is 0. The third-order valence-electron chi connectivity index (χ3n) is 6.75. The Morgan fingerprint density at radius 3 is 2.54 bits per heavy atom. The number of nitriles is 1. The summed E-state index contributed by atoms with van der Waals surface area (Å²) < 4.78 is 54.6. The second-order valence-electron chi connectivity index (χ2n) is 8.97. The van der Waals surface area contributed by atoms with Gasteiger partial charge in [0.05, 0.1) is 24.5 Å². The number of alkyl halides is 3. The van der Waals surface area contributed by atoms with Crippen molar-refractivity contribution < 1.29 is 22.6 Å². The van der Waals surface area contributed by atoms with Crippen LogP contribution in [0.25, 0.3) is 22.3 Å². The lowest BCUT2D eigenvalue weighted by Crippen LogP contribution is -2.33. The van der Waals surface area contributed by atoms with Crippen LogP contribution in [-0.4, -0.2) is 59.4 Å². The Hall–Kier alpha value is -2.87. The quantitative estimate of drug-likeness (QED) is 0.356. The highest BCUT2D eigenvalue weighted by atomic mass is 35.5. The van der Waals surface area contributed by atoms with E-state index in [1.54, 1.807) is 30.0 Å². The van der Waals surface area contributed by atoms with Crippen LogP contribution in [0.5, 0.6) is 5.75 Å². The maximum atomic E-state index is 14.0. The van der Waals surface area contributed by atoms with Gasteiger partial charge in [0.2, 0.25) is 5.82 Å². The van der Waals surface area contributed by atoms with Crippen LogP contribution in [0.15, 0.2) is 30.5 Å². The first-order valence-electron chi connectivity index (χ1n) is 12.2. The molecule has 0 aliphatic carbocycles. The highest BCUT2D eigenvalue weighted by Gasteiger charge is 2.35. The van der Waals surface area contributed by atoms with Gasteiger partial charge >= 0.3 is 6.18 Å². The Morgan fingerprint density at radius 2 is 1.89 bits per heavy atom. The summed E-state index contributed by atoms with van der Waals surface area (Å²) in [6, 6.07) is 7.59. The van der Waals surface area contributed by atoms with E-state index in [1.165, 1.54) is 6.07 Å². The molecule has 0 saturated carbocycles.